The molecule has 2 unspecified atom stereocenters. The van der Waals surface area contributed by atoms with E-state index in [0.717, 1.165) is 0 Å². The summed E-state index contributed by atoms with van der Waals surface area (Å²) in [5.41, 5.74) is -0.104. The number of carbonyl (C=O) groups is 3. The monoisotopic (exact) mass is 1040 g/mol. The van der Waals surface area contributed by atoms with Crippen LogP contribution in [0, 0.1) is 10.1 Å². The van der Waals surface area contributed by atoms with Gasteiger partial charge in [-0.15, -0.1) is 0 Å². The molecule has 1 aromatic carbocycles. The lowest BCUT2D eigenvalue weighted by Crippen LogP contribution is -2.36. The average molecular weight is 1040 g/mol. The van der Waals surface area contributed by atoms with Gasteiger partial charge in [-0.25, -0.2) is 4.79 Å². The maximum Gasteiger partial charge on any atom is 0.407 e. The Morgan fingerprint density at radius 1 is 0.486 bits per heavy atom. The first-order valence-electron chi connectivity index (χ1n) is 24.0. The zero-order valence-corrected chi connectivity index (χ0v) is 42.6. The molecule has 1 aromatic rings. The molecule has 0 aliphatic rings. The lowest BCUT2D eigenvalue weighted by molar-refractivity contribution is -0.385. The van der Waals surface area contributed by atoms with Crippen molar-refractivity contribution < 1.29 is 105 Å². The van der Waals surface area contributed by atoms with Crippen molar-refractivity contribution in [1.29, 1.82) is 0 Å². The number of nitro benzene ring substituents is 1. The van der Waals surface area contributed by atoms with Crippen LogP contribution in [0.15, 0.2) is 12.1 Å². The van der Waals surface area contributed by atoms with E-state index >= 15 is 0 Å². The van der Waals surface area contributed by atoms with E-state index in [2.05, 4.69) is 10.6 Å². The lowest BCUT2D eigenvalue weighted by Gasteiger charge is -2.15. The third kappa shape index (κ3) is 40.4. The molecule has 418 valence electrons. The zero-order chi connectivity index (χ0) is 52.5. The SMILES string of the molecule is COc1cc(COC(=O)NC(C)COCCOCCOCCOCCOCCOCCOCCOCCOCCOCCOCCOCCOCCOCC(C)NC(=O)CCC(=O)O)c([N+](=O)[O-])cc1OC. The van der Waals surface area contributed by atoms with Crippen LogP contribution in [0.1, 0.15) is 32.3 Å². The number of carbonyl (C=O) groups excluding carboxylic acids is 2. The molecule has 0 fully saturated rings. The molecule has 0 aliphatic carbocycles. The van der Waals surface area contributed by atoms with Crippen molar-refractivity contribution in [1.82, 2.24) is 10.6 Å². The normalized spacial score (nSPS) is 12.1. The van der Waals surface area contributed by atoms with E-state index in [4.69, 9.17) is 85.6 Å². The number of benzene rings is 1. The number of rotatable bonds is 53. The fraction of sp³-hybridized carbons (Fsp3) is 0.804. The van der Waals surface area contributed by atoms with Gasteiger partial charge in [-0.05, 0) is 19.9 Å². The fourth-order valence-corrected chi connectivity index (χ4v) is 5.51. The molecule has 26 nitrogen and oxygen atoms in total. The number of alkyl carbamates (subject to hydrolysis) is 1. The number of carboxylic acids is 1. The number of aliphatic carboxylic acids is 1. The Balaban J connectivity index is 1.73. The van der Waals surface area contributed by atoms with E-state index in [1.807, 2.05) is 0 Å². The molecule has 2 atom stereocenters. The van der Waals surface area contributed by atoms with E-state index in [0.29, 0.717) is 178 Å². The van der Waals surface area contributed by atoms with E-state index in [1.165, 1.54) is 26.4 Å². The fourth-order valence-electron chi connectivity index (χ4n) is 5.51. The minimum absolute atomic E-state index is 0.0556. The number of nitrogens with zero attached hydrogens (tertiary/aromatic N) is 1. The molecule has 72 heavy (non-hydrogen) atoms. The van der Waals surface area contributed by atoms with Crippen LogP contribution in [0.5, 0.6) is 11.5 Å². The van der Waals surface area contributed by atoms with E-state index in [1.54, 1.807) is 13.8 Å². The molecule has 26 heteroatoms. The second-order valence-corrected chi connectivity index (χ2v) is 15.1. The molecule has 0 saturated heterocycles. The van der Waals surface area contributed by atoms with Crippen LogP contribution >= 0.6 is 0 Å². The number of methoxy groups -OCH3 is 2. The van der Waals surface area contributed by atoms with Crippen LogP contribution in [-0.2, 0) is 87.2 Å². The number of nitrogens with one attached hydrogen (secondary N) is 2. The Bertz CT molecular complexity index is 1500. The summed E-state index contributed by atoms with van der Waals surface area (Å²) in [4.78, 5) is 45.2. The first kappa shape index (κ1) is 65.9. The summed E-state index contributed by atoms with van der Waals surface area (Å²) >= 11 is 0. The predicted octanol–water partition coefficient (Wildman–Crippen LogP) is 1.83. The highest BCUT2D eigenvalue weighted by molar-refractivity contribution is 5.80. The van der Waals surface area contributed by atoms with E-state index < -0.39 is 17.0 Å². The second kappa shape index (κ2) is 47.8. The van der Waals surface area contributed by atoms with Crippen molar-refractivity contribution in [3.05, 3.63) is 27.8 Å². The number of hydrogen-bond acceptors (Lipinski definition) is 22. The standard InChI is InChI=1S/C46H81N3O23/c1-38(47-44(50)5-6-45(51)52)35-70-31-29-68-27-25-66-23-21-64-19-17-62-15-13-60-11-9-58-7-8-59-10-12-61-14-16-63-18-20-65-22-24-67-26-28-69-30-32-71-36-39(2)48-46(53)72-37-40-33-42(56-3)43(57-4)34-41(40)49(54)55/h33-34,38-39H,5-32,35-37H2,1-4H3,(H,47,50)(H,48,53)(H,51,52). The second-order valence-electron chi connectivity index (χ2n) is 15.1. The summed E-state index contributed by atoms with van der Waals surface area (Å²) in [7, 11) is 2.77. The van der Waals surface area contributed by atoms with Crippen LogP contribution in [0.3, 0.4) is 0 Å². The predicted molar refractivity (Wildman–Crippen MR) is 255 cm³/mol. The Morgan fingerprint density at radius 2 is 0.778 bits per heavy atom. The Hall–Kier alpha value is -4.13. The molecule has 3 N–H and O–H groups in total. The highest BCUT2D eigenvalue weighted by atomic mass is 16.6. The van der Waals surface area contributed by atoms with E-state index in [-0.39, 0.29) is 66.8 Å². The van der Waals surface area contributed by atoms with Crippen molar-refractivity contribution in [2.75, 3.05) is 199 Å². The van der Waals surface area contributed by atoms with Gasteiger partial charge < -0.3 is 96.3 Å². The van der Waals surface area contributed by atoms with Gasteiger partial charge in [-0.2, -0.15) is 0 Å². The van der Waals surface area contributed by atoms with Crippen molar-refractivity contribution in [3.63, 3.8) is 0 Å². The largest absolute Gasteiger partial charge is 0.493 e. The molecule has 0 aliphatic heterocycles. The summed E-state index contributed by atoms with van der Waals surface area (Å²) in [5, 5.41) is 25.3. The molecule has 0 bridgehead atoms. The third-order valence-corrected chi connectivity index (χ3v) is 9.05. The number of ether oxygens (including phenoxy) is 17. The van der Waals surface area contributed by atoms with Gasteiger partial charge in [0.1, 0.15) is 6.61 Å². The Morgan fingerprint density at radius 3 is 1.07 bits per heavy atom. The van der Waals surface area contributed by atoms with Gasteiger partial charge >= 0.3 is 12.1 Å². The molecule has 2 amide bonds. The zero-order valence-electron chi connectivity index (χ0n) is 42.6. The molecular formula is C46H81N3O23. The van der Waals surface area contributed by atoms with Gasteiger partial charge in [0.2, 0.25) is 5.91 Å². The molecule has 0 aromatic heterocycles. The smallest absolute Gasteiger partial charge is 0.407 e. The quantitative estimate of drug-likeness (QED) is 0.0476. The van der Waals surface area contributed by atoms with Crippen molar-refractivity contribution in [2.45, 2.75) is 45.4 Å². The van der Waals surface area contributed by atoms with Crippen LogP contribution < -0.4 is 20.1 Å². The summed E-state index contributed by atoms with van der Waals surface area (Å²) in [6.45, 7) is 14.8. The molecule has 0 heterocycles. The highest BCUT2D eigenvalue weighted by Crippen LogP contribution is 2.34. The number of amides is 2. The van der Waals surface area contributed by atoms with Crippen LogP contribution in [0.25, 0.3) is 0 Å². The van der Waals surface area contributed by atoms with Gasteiger partial charge in [0.25, 0.3) is 5.69 Å². The van der Waals surface area contributed by atoms with E-state index in [9.17, 15) is 24.5 Å². The molecule has 0 spiro atoms. The summed E-state index contributed by atoms with van der Waals surface area (Å²) in [6, 6.07) is 2.01. The molecule has 1 rings (SSSR count). The van der Waals surface area contributed by atoms with Crippen molar-refractivity contribution in [2.24, 2.45) is 0 Å². The molecule has 0 saturated carbocycles. The first-order chi connectivity index (χ1) is 35.1. The van der Waals surface area contributed by atoms with Gasteiger partial charge in [0.15, 0.2) is 11.5 Å². The van der Waals surface area contributed by atoms with Gasteiger partial charge in [0, 0.05) is 12.5 Å². The number of hydrogen-bond donors (Lipinski definition) is 3. The summed E-state index contributed by atoms with van der Waals surface area (Å²) < 4.78 is 92.2. The number of nitro groups is 1. The minimum Gasteiger partial charge on any atom is -0.493 e. The first-order valence-corrected chi connectivity index (χ1v) is 24.0. The summed E-state index contributed by atoms with van der Waals surface area (Å²) in [5.74, 6) is -0.856. The van der Waals surface area contributed by atoms with Crippen LogP contribution in [0.4, 0.5) is 10.5 Å². The molecule has 0 radical (unpaired) electrons. The Kier molecular flexibility index (Phi) is 43.8. The van der Waals surface area contributed by atoms with Gasteiger partial charge in [-0.1, -0.05) is 0 Å². The third-order valence-electron chi connectivity index (χ3n) is 9.05. The van der Waals surface area contributed by atoms with Crippen LogP contribution in [0.2, 0.25) is 0 Å². The topological polar surface area (TPSA) is 296 Å². The highest BCUT2D eigenvalue weighted by Gasteiger charge is 2.21. The van der Waals surface area contributed by atoms with Crippen molar-refractivity contribution in [3.8, 4) is 11.5 Å². The minimum atomic E-state index is -1.01. The van der Waals surface area contributed by atoms with Gasteiger partial charge in [0.05, 0.1) is 228 Å². The Labute approximate surface area is 422 Å². The van der Waals surface area contributed by atoms with Gasteiger partial charge in [-0.3, -0.25) is 19.7 Å². The maximum absolute atomic E-state index is 12.2. The number of carboxylic acid groups (broad SMARTS) is 1. The maximum atomic E-state index is 12.2. The molecular weight excluding hydrogens is 963 g/mol. The van der Waals surface area contributed by atoms with Crippen molar-refractivity contribution >= 4 is 23.7 Å². The van der Waals surface area contributed by atoms with Crippen LogP contribution in [-0.4, -0.2) is 239 Å². The average Bonchev–Trinajstić information content (AvgIpc) is 3.36. The lowest BCUT2D eigenvalue weighted by atomic mass is 10.1. The summed E-state index contributed by atoms with van der Waals surface area (Å²) in [6.07, 6.45) is -1.01.